The van der Waals surface area contributed by atoms with Gasteiger partial charge in [0.2, 0.25) is 10.0 Å². The minimum absolute atomic E-state index is 0.0215. The molecule has 0 aliphatic heterocycles. The smallest absolute Gasteiger partial charge is 0.244 e. The van der Waals surface area contributed by atoms with E-state index < -0.39 is 10.0 Å². The largest absolute Gasteiger partial charge is 0.363 e. The SMILES string of the molecule is CC(C)N(CC1CC1)S(=O)(=O)c1c[nH]c(CN)c1. The summed E-state index contributed by atoms with van der Waals surface area (Å²) in [4.78, 5) is 3.21. The van der Waals surface area contributed by atoms with Gasteiger partial charge in [-0.3, -0.25) is 0 Å². The van der Waals surface area contributed by atoms with Crippen LogP contribution in [0.2, 0.25) is 0 Å². The molecule has 6 heteroatoms. The molecule has 1 aromatic rings. The van der Waals surface area contributed by atoms with E-state index in [0.29, 0.717) is 23.9 Å². The van der Waals surface area contributed by atoms with Gasteiger partial charge in [-0.25, -0.2) is 8.42 Å². The second-order valence-corrected chi connectivity index (χ2v) is 7.07. The lowest BCUT2D eigenvalue weighted by atomic mass is 10.3. The van der Waals surface area contributed by atoms with Crippen molar-refractivity contribution in [2.24, 2.45) is 11.7 Å². The van der Waals surface area contributed by atoms with Crippen molar-refractivity contribution in [1.82, 2.24) is 9.29 Å². The lowest BCUT2D eigenvalue weighted by Gasteiger charge is -2.25. The Bertz CT molecular complexity index is 503. The first-order valence-electron chi connectivity index (χ1n) is 6.34. The summed E-state index contributed by atoms with van der Waals surface area (Å²) in [7, 11) is -3.40. The second kappa shape index (κ2) is 5.03. The summed E-state index contributed by atoms with van der Waals surface area (Å²) in [5.74, 6) is 0.537. The standard InChI is InChI=1S/C12H21N3O2S/c1-9(2)15(8-10-3-4-10)18(16,17)12-5-11(6-13)14-7-12/h5,7,9-10,14H,3-4,6,8,13H2,1-2H3. The van der Waals surface area contributed by atoms with Crippen LogP contribution in [0.1, 0.15) is 32.4 Å². The third kappa shape index (κ3) is 2.76. The molecular formula is C12H21N3O2S. The molecule has 18 heavy (non-hydrogen) atoms. The van der Waals surface area contributed by atoms with Gasteiger partial charge in [0, 0.05) is 31.0 Å². The normalized spacial score (nSPS) is 16.7. The fourth-order valence-corrected chi connectivity index (χ4v) is 3.69. The van der Waals surface area contributed by atoms with Crippen LogP contribution in [0.3, 0.4) is 0 Å². The van der Waals surface area contributed by atoms with E-state index in [2.05, 4.69) is 4.98 Å². The molecule has 5 nitrogen and oxygen atoms in total. The molecule has 3 N–H and O–H groups in total. The summed E-state index contributed by atoms with van der Waals surface area (Å²) in [6, 6.07) is 1.60. The van der Waals surface area contributed by atoms with E-state index in [1.54, 1.807) is 10.4 Å². The zero-order chi connectivity index (χ0) is 13.3. The van der Waals surface area contributed by atoms with Crippen LogP contribution in [-0.4, -0.2) is 30.3 Å². The molecule has 102 valence electrons. The van der Waals surface area contributed by atoms with Crippen molar-refractivity contribution < 1.29 is 8.42 Å². The van der Waals surface area contributed by atoms with E-state index in [-0.39, 0.29) is 6.04 Å². The molecule has 0 atom stereocenters. The van der Waals surface area contributed by atoms with E-state index >= 15 is 0 Å². The zero-order valence-electron chi connectivity index (χ0n) is 10.9. The Balaban J connectivity index is 2.25. The first-order chi connectivity index (χ1) is 8.45. The zero-order valence-corrected chi connectivity index (χ0v) is 11.7. The highest BCUT2D eigenvalue weighted by Gasteiger charge is 2.33. The Labute approximate surface area is 108 Å². The van der Waals surface area contributed by atoms with E-state index in [1.165, 1.54) is 6.20 Å². The maximum absolute atomic E-state index is 12.5. The number of aromatic nitrogens is 1. The summed E-state index contributed by atoms with van der Waals surface area (Å²) in [5.41, 5.74) is 6.23. The third-order valence-corrected chi connectivity index (χ3v) is 5.27. The van der Waals surface area contributed by atoms with Crippen LogP contribution in [0.25, 0.3) is 0 Å². The minimum atomic E-state index is -3.40. The summed E-state index contributed by atoms with van der Waals surface area (Å²) in [6.07, 6.45) is 3.81. The Kier molecular flexibility index (Phi) is 3.79. The van der Waals surface area contributed by atoms with E-state index in [1.807, 2.05) is 13.8 Å². The van der Waals surface area contributed by atoms with Crippen molar-refractivity contribution in [3.8, 4) is 0 Å². The number of nitrogens with zero attached hydrogens (tertiary/aromatic N) is 1. The Morgan fingerprint density at radius 1 is 1.50 bits per heavy atom. The Morgan fingerprint density at radius 2 is 2.17 bits per heavy atom. The molecule has 2 rings (SSSR count). The summed E-state index contributed by atoms with van der Waals surface area (Å²) >= 11 is 0. The van der Waals surface area contributed by atoms with Gasteiger partial charge in [0.1, 0.15) is 0 Å². The number of sulfonamides is 1. The molecule has 0 spiro atoms. The average Bonchev–Trinajstić information content (AvgIpc) is 2.99. The predicted molar refractivity (Wildman–Crippen MR) is 70.4 cm³/mol. The second-order valence-electron chi connectivity index (χ2n) is 5.18. The van der Waals surface area contributed by atoms with Crippen LogP contribution in [0.5, 0.6) is 0 Å². The number of nitrogens with two attached hydrogens (primary N) is 1. The maximum Gasteiger partial charge on any atom is 0.244 e. The lowest BCUT2D eigenvalue weighted by molar-refractivity contribution is 0.342. The van der Waals surface area contributed by atoms with Gasteiger partial charge in [0.05, 0.1) is 4.90 Å². The first kappa shape index (κ1) is 13.6. The highest BCUT2D eigenvalue weighted by molar-refractivity contribution is 7.89. The van der Waals surface area contributed by atoms with Crippen LogP contribution in [0.4, 0.5) is 0 Å². The molecule has 0 bridgehead atoms. The molecular weight excluding hydrogens is 250 g/mol. The number of nitrogens with one attached hydrogen (secondary N) is 1. The fraction of sp³-hybridized carbons (Fsp3) is 0.667. The Morgan fingerprint density at radius 3 is 2.61 bits per heavy atom. The molecule has 1 aliphatic carbocycles. The molecule has 1 aromatic heterocycles. The van der Waals surface area contributed by atoms with Crippen molar-refractivity contribution in [3.05, 3.63) is 18.0 Å². The number of H-pyrrole nitrogens is 1. The van der Waals surface area contributed by atoms with Crippen LogP contribution in [-0.2, 0) is 16.6 Å². The van der Waals surface area contributed by atoms with Crippen molar-refractivity contribution in [2.75, 3.05) is 6.54 Å². The van der Waals surface area contributed by atoms with Gasteiger partial charge in [-0.2, -0.15) is 4.31 Å². The molecule has 0 unspecified atom stereocenters. The highest BCUT2D eigenvalue weighted by Crippen LogP contribution is 2.32. The monoisotopic (exact) mass is 271 g/mol. The van der Waals surface area contributed by atoms with Gasteiger partial charge >= 0.3 is 0 Å². The topological polar surface area (TPSA) is 79.2 Å². The van der Waals surface area contributed by atoms with Crippen LogP contribution in [0.15, 0.2) is 17.2 Å². The lowest BCUT2D eigenvalue weighted by Crippen LogP contribution is -2.38. The van der Waals surface area contributed by atoms with Gasteiger partial charge in [0.25, 0.3) is 0 Å². The van der Waals surface area contributed by atoms with Crippen LogP contribution >= 0.6 is 0 Å². The highest BCUT2D eigenvalue weighted by atomic mass is 32.2. The Hall–Kier alpha value is -0.850. The number of rotatable bonds is 6. The number of hydrogen-bond donors (Lipinski definition) is 2. The van der Waals surface area contributed by atoms with Crippen molar-refractivity contribution >= 4 is 10.0 Å². The predicted octanol–water partition coefficient (Wildman–Crippen LogP) is 1.28. The molecule has 1 aliphatic rings. The molecule has 0 radical (unpaired) electrons. The van der Waals surface area contributed by atoms with Crippen molar-refractivity contribution in [2.45, 2.75) is 44.2 Å². The maximum atomic E-state index is 12.5. The molecule has 1 saturated carbocycles. The van der Waals surface area contributed by atoms with Crippen molar-refractivity contribution in [3.63, 3.8) is 0 Å². The van der Waals surface area contributed by atoms with Gasteiger partial charge < -0.3 is 10.7 Å². The minimum Gasteiger partial charge on any atom is -0.363 e. The van der Waals surface area contributed by atoms with Gasteiger partial charge in [-0.05, 0) is 38.7 Å². The van der Waals surface area contributed by atoms with Crippen molar-refractivity contribution in [1.29, 1.82) is 0 Å². The fourth-order valence-electron chi connectivity index (χ4n) is 1.96. The number of aromatic amines is 1. The van der Waals surface area contributed by atoms with E-state index in [0.717, 1.165) is 18.5 Å². The molecule has 0 saturated heterocycles. The van der Waals surface area contributed by atoms with Crippen LogP contribution < -0.4 is 5.73 Å². The summed E-state index contributed by atoms with van der Waals surface area (Å²) in [6.45, 7) is 4.77. The van der Waals surface area contributed by atoms with Gasteiger partial charge in [0.15, 0.2) is 0 Å². The van der Waals surface area contributed by atoms with Crippen LogP contribution in [0, 0.1) is 5.92 Å². The van der Waals surface area contributed by atoms with Gasteiger partial charge in [-0.1, -0.05) is 0 Å². The number of hydrogen-bond acceptors (Lipinski definition) is 3. The molecule has 0 aromatic carbocycles. The quantitative estimate of drug-likeness (QED) is 0.818. The van der Waals surface area contributed by atoms with E-state index in [4.69, 9.17) is 5.73 Å². The van der Waals surface area contributed by atoms with Gasteiger partial charge in [-0.15, -0.1) is 0 Å². The van der Waals surface area contributed by atoms with E-state index in [9.17, 15) is 8.42 Å². The first-order valence-corrected chi connectivity index (χ1v) is 7.78. The summed E-state index contributed by atoms with van der Waals surface area (Å²) < 4.78 is 26.7. The third-order valence-electron chi connectivity index (χ3n) is 3.25. The molecule has 1 heterocycles. The average molecular weight is 271 g/mol. The molecule has 0 amide bonds. The molecule has 1 fully saturated rings. The summed E-state index contributed by atoms with van der Waals surface area (Å²) in [5, 5.41) is 0.